The number of halogens is 3. The van der Waals surface area contributed by atoms with E-state index in [4.69, 9.17) is 5.73 Å². The first-order chi connectivity index (χ1) is 8.47. The van der Waals surface area contributed by atoms with Gasteiger partial charge in [0.1, 0.15) is 5.82 Å². The first-order valence-corrected chi connectivity index (χ1v) is 6.65. The van der Waals surface area contributed by atoms with Crippen molar-refractivity contribution in [1.29, 1.82) is 0 Å². The third-order valence-electron chi connectivity index (χ3n) is 2.41. The number of aromatic nitrogens is 1. The number of nitrogens with two attached hydrogens (primary N) is 1. The lowest BCUT2D eigenvalue weighted by molar-refractivity contribution is 0.622. The normalized spacial score (nSPS) is 10.6. The zero-order chi connectivity index (χ0) is 13.3. The maximum absolute atomic E-state index is 13.2. The number of rotatable bonds is 2. The van der Waals surface area contributed by atoms with Crippen molar-refractivity contribution in [2.45, 2.75) is 6.54 Å². The van der Waals surface area contributed by atoms with E-state index in [0.717, 1.165) is 4.47 Å². The summed E-state index contributed by atoms with van der Waals surface area (Å²) in [5, 5.41) is 0. The number of pyridine rings is 1. The number of hydrogen-bond acceptors (Lipinski definition) is 2. The van der Waals surface area contributed by atoms with Gasteiger partial charge in [0.2, 0.25) is 0 Å². The summed E-state index contributed by atoms with van der Waals surface area (Å²) < 4.78 is 15.7. The van der Waals surface area contributed by atoms with Crippen molar-refractivity contribution >= 4 is 37.5 Å². The second kappa shape index (κ2) is 5.24. The van der Waals surface area contributed by atoms with Gasteiger partial charge in [0.25, 0.3) is 5.56 Å². The van der Waals surface area contributed by atoms with E-state index in [1.165, 1.54) is 22.9 Å². The fourth-order valence-corrected chi connectivity index (χ4v) is 2.45. The molecule has 1 aromatic carbocycles. The molecule has 6 heteroatoms. The zero-order valence-electron chi connectivity index (χ0n) is 9.16. The van der Waals surface area contributed by atoms with Gasteiger partial charge in [-0.15, -0.1) is 0 Å². The Labute approximate surface area is 120 Å². The van der Waals surface area contributed by atoms with Gasteiger partial charge in [0.05, 0.1) is 11.0 Å². The Balaban J connectivity index is 2.46. The van der Waals surface area contributed by atoms with Gasteiger partial charge in [-0.2, -0.15) is 0 Å². The molecule has 0 spiro atoms. The van der Waals surface area contributed by atoms with Gasteiger partial charge in [-0.3, -0.25) is 4.79 Å². The average Bonchev–Trinajstić information content (AvgIpc) is 2.30. The molecule has 0 aliphatic heterocycles. The molecular formula is C12H9Br2FN2O. The van der Waals surface area contributed by atoms with Crippen LogP contribution < -0.4 is 11.3 Å². The summed E-state index contributed by atoms with van der Waals surface area (Å²) in [6.45, 7) is 0.251. The Bertz CT molecular complexity index is 655. The molecule has 0 aliphatic carbocycles. The van der Waals surface area contributed by atoms with Crippen LogP contribution in [-0.4, -0.2) is 4.57 Å². The molecule has 0 amide bonds. The second-order valence-corrected chi connectivity index (χ2v) is 5.50. The summed E-state index contributed by atoms with van der Waals surface area (Å²) >= 11 is 6.47. The van der Waals surface area contributed by atoms with E-state index >= 15 is 0 Å². The van der Waals surface area contributed by atoms with Crippen molar-refractivity contribution in [2.75, 3.05) is 5.73 Å². The Hall–Kier alpha value is -1.14. The Kier molecular flexibility index (Phi) is 3.87. The van der Waals surface area contributed by atoms with E-state index in [1.807, 2.05) is 0 Å². The average molecular weight is 376 g/mol. The third-order valence-corrected chi connectivity index (χ3v) is 3.75. The van der Waals surface area contributed by atoms with Gasteiger partial charge in [-0.1, -0.05) is 15.9 Å². The van der Waals surface area contributed by atoms with Crippen molar-refractivity contribution in [3.8, 4) is 0 Å². The summed E-state index contributed by atoms with van der Waals surface area (Å²) in [6.07, 6.45) is 1.53. The molecule has 0 radical (unpaired) electrons. The van der Waals surface area contributed by atoms with E-state index in [-0.39, 0.29) is 17.9 Å². The van der Waals surface area contributed by atoms with Crippen LogP contribution in [0.2, 0.25) is 0 Å². The largest absolute Gasteiger partial charge is 0.398 e. The minimum atomic E-state index is -0.343. The van der Waals surface area contributed by atoms with Crippen molar-refractivity contribution < 1.29 is 4.39 Å². The van der Waals surface area contributed by atoms with Gasteiger partial charge in [0.15, 0.2) is 0 Å². The minimum absolute atomic E-state index is 0.208. The highest BCUT2D eigenvalue weighted by Gasteiger charge is 2.07. The quantitative estimate of drug-likeness (QED) is 0.876. The van der Waals surface area contributed by atoms with Crippen molar-refractivity contribution in [3.63, 3.8) is 0 Å². The van der Waals surface area contributed by atoms with Crippen LogP contribution in [0.3, 0.4) is 0 Å². The number of anilines is 1. The molecule has 0 saturated heterocycles. The molecule has 94 valence electrons. The van der Waals surface area contributed by atoms with E-state index < -0.39 is 0 Å². The van der Waals surface area contributed by atoms with Crippen LogP contribution in [0.5, 0.6) is 0 Å². The molecule has 3 nitrogen and oxygen atoms in total. The van der Waals surface area contributed by atoms with Crippen LogP contribution in [0.15, 0.2) is 44.2 Å². The molecule has 1 aromatic heterocycles. The lowest BCUT2D eigenvalue weighted by atomic mass is 10.2. The van der Waals surface area contributed by atoms with Gasteiger partial charge in [0, 0.05) is 16.4 Å². The molecule has 0 saturated carbocycles. The van der Waals surface area contributed by atoms with Crippen molar-refractivity contribution in [2.24, 2.45) is 0 Å². The number of benzene rings is 1. The topological polar surface area (TPSA) is 48.0 Å². The zero-order valence-corrected chi connectivity index (χ0v) is 12.3. The molecule has 0 bridgehead atoms. The first kappa shape index (κ1) is 13.3. The highest BCUT2D eigenvalue weighted by molar-refractivity contribution is 9.10. The summed E-state index contributed by atoms with van der Waals surface area (Å²) in [5.41, 5.74) is 6.61. The Morgan fingerprint density at radius 1 is 1.22 bits per heavy atom. The van der Waals surface area contributed by atoms with Crippen molar-refractivity contribution in [3.05, 3.63) is 61.1 Å². The molecule has 0 fully saturated rings. The number of hydrogen-bond donors (Lipinski definition) is 1. The molecule has 1 heterocycles. The molecule has 0 unspecified atom stereocenters. The lowest BCUT2D eigenvalue weighted by Crippen LogP contribution is -2.21. The molecule has 18 heavy (non-hydrogen) atoms. The first-order valence-electron chi connectivity index (χ1n) is 5.07. The standard InChI is InChI=1S/C12H9Br2FN2O/c13-10-2-1-8(15)3-7(10)5-17-6-9(16)4-11(14)12(17)18/h1-4,6H,5,16H2. The Morgan fingerprint density at radius 3 is 2.67 bits per heavy atom. The lowest BCUT2D eigenvalue weighted by Gasteiger charge is -2.09. The maximum atomic E-state index is 13.2. The molecule has 2 N–H and O–H groups in total. The third kappa shape index (κ3) is 2.81. The molecule has 0 aliphatic rings. The maximum Gasteiger partial charge on any atom is 0.265 e. The summed E-state index contributed by atoms with van der Waals surface area (Å²) in [5.74, 6) is -0.343. The number of nitrogens with zero attached hydrogens (tertiary/aromatic N) is 1. The predicted octanol–water partition coefficient (Wildman–Crippen LogP) is 3.14. The fraction of sp³-hybridized carbons (Fsp3) is 0.0833. The highest BCUT2D eigenvalue weighted by atomic mass is 79.9. The van der Waals surface area contributed by atoms with Gasteiger partial charge < -0.3 is 10.3 Å². The van der Waals surface area contributed by atoms with Crippen LogP contribution in [0, 0.1) is 5.82 Å². The second-order valence-electron chi connectivity index (χ2n) is 3.79. The molecular weight excluding hydrogens is 367 g/mol. The van der Waals surface area contributed by atoms with Gasteiger partial charge >= 0.3 is 0 Å². The number of nitrogen functional groups attached to an aromatic ring is 1. The molecule has 2 aromatic rings. The summed E-state index contributed by atoms with van der Waals surface area (Å²) in [6, 6.07) is 5.88. The van der Waals surface area contributed by atoms with E-state index in [2.05, 4.69) is 31.9 Å². The minimum Gasteiger partial charge on any atom is -0.398 e. The monoisotopic (exact) mass is 374 g/mol. The smallest absolute Gasteiger partial charge is 0.265 e. The van der Waals surface area contributed by atoms with Crippen LogP contribution in [-0.2, 0) is 6.54 Å². The SMILES string of the molecule is Nc1cc(Br)c(=O)n(Cc2cc(F)ccc2Br)c1. The van der Waals surface area contributed by atoms with Gasteiger partial charge in [-0.25, -0.2) is 4.39 Å². The highest BCUT2D eigenvalue weighted by Crippen LogP contribution is 2.19. The summed E-state index contributed by atoms with van der Waals surface area (Å²) in [7, 11) is 0. The molecule has 0 atom stereocenters. The summed E-state index contributed by atoms with van der Waals surface area (Å²) in [4.78, 5) is 11.9. The van der Waals surface area contributed by atoms with Crippen LogP contribution in [0.4, 0.5) is 10.1 Å². The molecule has 2 rings (SSSR count). The van der Waals surface area contributed by atoms with E-state index in [0.29, 0.717) is 15.7 Å². The van der Waals surface area contributed by atoms with Crippen LogP contribution in [0.1, 0.15) is 5.56 Å². The predicted molar refractivity (Wildman–Crippen MR) is 76.0 cm³/mol. The Morgan fingerprint density at radius 2 is 1.94 bits per heavy atom. The fourth-order valence-electron chi connectivity index (χ4n) is 1.59. The van der Waals surface area contributed by atoms with Gasteiger partial charge in [-0.05, 0) is 45.8 Å². The van der Waals surface area contributed by atoms with E-state index in [1.54, 1.807) is 12.1 Å². The van der Waals surface area contributed by atoms with Crippen molar-refractivity contribution in [1.82, 2.24) is 4.57 Å². The van der Waals surface area contributed by atoms with Crippen LogP contribution >= 0.6 is 31.9 Å². The van der Waals surface area contributed by atoms with E-state index in [9.17, 15) is 9.18 Å². The van der Waals surface area contributed by atoms with Crippen LogP contribution in [0.25, 0.3) is 0 Å².